The lowest BCUT2D eigenvalue weighted by Gasteiger charge is -1.92. The number of para-hydroxylation sites is 2. The van der Waals surface area contributed by atoms with Crippen molar-refractivity contribution in [1.29, 1.82) is 0 Å². The number of aromatic amines is 2. The quantitative estimate of drug-likeness (QED) is 0.528. The Hall–Kier alpha value is -1.92. The van der Waals surface area contributed by atoms with Crippen LogP contribution >= 0.6 is 21.6 Å². The SMILES string of the molecule is Cc1cccc2[nH]c(SSc3nc4c(C)cccc4[nH]3)nc12. The van der Waals surface area contributed by atoms with Gasteiger partial charge in [0, 0.05) is 0 Å². The van der Waals surface area contributed by atoms with Gasteiger partial charge in [-0.3, -0.25) is 0 Å². The standard InChI is InChI=1S/C16H14N4S2/c1-9-5-3-7-11-13(9)19-15(17-11)21-22-16-18-12-8-4-6-10(2)14(12)20-16/h3-8H,1-2H3,(H,17,19)(H,18,20). The average molecular weight is 326 g/mol. The molecule has 0 spiro atoms. The van der Waals surface area contributed by atoms with Crippen LogP contribution in [-0.4, -0.2) is 19.9 Å². The van der Waals surface area contributed by atoms with Crippen molar-refractivity contribution < 1.29 is 0 Å². The maximum Gasteiger partial charge on any atom is 0.177 e. The molecule has 0 bridgehead atoms. The van der Waals surface area contributed by atoms with E-state index in [1.54, 1.807) is 21.6 Å². The summed E-state index contributed by atoms with van der Waals surface area (Å²) in [6.45, 7) is 4.15. The lowest BCUT2D eigenvalue weighted by Crippen LogP contribution is -1.75. The van der Waals surface area contributed by atoms with Gasteiger partial charge in [-0.25, -0.2) is 9.97 Å². The summed E-state index contributed by atoms with van der Waals surface area (Å²) in [5, 5.41) is 1.79. The van der Waals surface area contributed by atoms with Crippen LogP contribution in [0.5, 0.6) is 0 Å². The van der Waals surface area contributed by atoms with E-state index < -0.39 is 0 Å². The Morgan fingerprint density at radius 2 is 1.18 bits per heavy atom. The maximum atomic E-state index is 4.64. The number of benzene rings is 2. The van der Waals surface area contributed by atoms with Crippen LogP contribution in [0.15, 0.2) is 46.7 Å². The van der Waals surface area contributed by atoms with Crippen molar-refractivity contribution in [2.24, 2.45) is 0 Å². The van der Waals surface area contributed by atoms with Gasteiger partial charge in [-0.1, -0.05) is 24.3 Å². The second-order valence-corrected chi connectivity index (χ2v) is 7.30. The first-order valence-corrected chi connectivity index (χ1v) is 9.11. The number of aryl methyl sites for hydroxylation is 2. The zero-order valence-corrected chi connectivity index (χ0v) is 13.8. The fraction of sp³-hybridized carbons (Fsp3) is 0.125. The van der Waals surface area contributed by atoms with Gasteiger partial charge in [-0.05, 0) is 58.7 Å². The summed E-state index contributed by atoms with van der Waals surface area (Å²) in [4.78, 5) is 16.0. The highest BCUT2D eigenvalue weighted by Gasteiger charge is 2.09. The van der Waals surface area contributed by atoms with E-state index in [1.165, 1.54) is 11.1 Å². The molecule has 4 rings (SSSR count). The van der Waals surface area contributed by atoms with Gasteiger partial charge in [0.05, 0.1) is 22.1 Å². The van der Waals surface area contributed by atoms with E-state index in [-0.39, 0.29) is 0 Å². The summed E-state index contributed by atoms with van der Waals surface area (Å²) in [6.07, 6.45) is 0. The van der Waals surface area contributed by atoms with Crippen molar-refractivity contribution in [2.45, 2.75) is 24.2 Å². The van der Waals surface area contributed by atoms with Gasteiger partial charge in [-0.2, -0.15) is 0 Å². The molecule has 0 amide bonds. The molecule has 2 aromatic heterocycles. The summed E-state index contributed by atoms with van der Waals surface area (Å²) in [6, 6.07) is 12.3. The molecule has 2 N–H and O–H groups in total. The van der Waals surface area contributed by atoms with E-state index in [1.807, 2.05) is 12.1 Å². The fourth-order valence-electron chi connectivity index (χ4n) is 2.46. The molecule has 4 aromatic rings. The summed E-state index contributed by atoms with van der Waals surface area (Å²) in [5.41, 5.74) is 6.58. The maximum absolute atomic E-state index is 4.64. The summed E-state index contributed by atoms with van der Waals surface area (Å²) in [5.74, 6) is 0. The second-order valence-electron chi connectivity index (χ2n) is 5.19. The zero-order chi connectivity index (χ0) is 15.1. The molecular weight excluding hydrogens is 312 g/mol. The fourth-order valence-corrected chi connectivity index (χ4v) is 4.13. The number of nitrogens with zero attached hydrogens (tertiary/aromatic N) is 2. The predicted molar refractivity (Wildman–Crippen MR) is 93.4 cm³/mol. The first kappa shape index (κ1) is 13.7. The van der Waals surface area contributed by atoms with Gasteiger partial charge >= 0.3 is 0 Å². The lowest BCUT2D eigenvalue weighted by molar-refractivity contribution is 1.08. The number of hydrogen-bond donors (Lipinski definition) is 2. The van der Waals surface area contributed by atoms with Gasteiger partial charge in [-0.15, -0.1) is 0 Å². The number of H-pyrrole nitrogens is 2. The molecule has 0 saturated carbocycles. The van der Waals surface area contributed by atoms with Crippen molar-refractivity contribution in [2.75, 3.05) is 0 Å². The molecule has 0 aliphatic carbocycles. The molecular formula is C16H14N4S2. The summed E-state index contributed by atoms with van der Waals surface area (Å²) < 4.78 is 0. The molecule has 0 fully saturated rings. The van der Waals surface area contributed by atoms with Crippen LogP contribution in [0.3, 0.4) is 0 Å². The van der Waals surface area contributed by atoms with E-state index in [4.69, 9.17) is 0 Å². The highest BCUT2D eigenvalue weighted by Crippen LogP contribution is 2.36. The molecule has 0 saturated heterocycles. The van der Waals surface area contributed by atoms with Crippen molar-refractivity contribution in [1.82, 2.24) is 19.9 Å². The van der Waals surface area contributed by atoms with Crippen LogP contribution in [0, 0.1) is 13.8 Å². The van der Waals surface area contributed by atoms with Gasteiger partial charge in [0.2, 0.25) is 0 Å². The average Bonchev–Trinajstić information content (AvgIpc) is 3.10. The third kappa shape index (κ3) is 2.38. The topological polar surface area (TPSA) is 57.4 Å². The van der Waals surface area contributed by atoms with E-state index >= 15 is 0 Å². The Balaban J connectivity index is 1.60. The minimum atomic E-state index is 0.895. The van der Waals surface area contributed by atoms with Crippen molar-refractivity contribution in [3.05, 3.63) is 47.5 Å². The van der Waals surface area contributed by atoms with Crippen molar-refractivity contribution in [3.63, 3.8) is 0 Å². The minimum absolute atomic E-state index is 0.895. The molecule has 0 radical (unpaired) electrons. The van der Waals surface area contributed by atoms with Crippen molar-refractivity contribution in [3.8, 4) is 0 Å². The molecule has 22 heavy (non-hydrogen) atoms. The Labute approximate surface area is 135 Å². The van der Waals surface area contributed by atoms with E-state index in [2.05, 4.69) is 58.0 Å². The molecule has 2 aromatic carbocycles. The lowest BCUT2D eigenvalue weighted by atomic mass is 10.2. The van der Waals surface area contributed by atoms with E-state index in [0.717, 1.165) is 32.4 Å². The van der Waals surface area contributed by atoms with Crippen molar-refractivity contribution >= 4 is 43.7 Å². The Bertz CT molecular complexity index is 891. The zero-order valence-electron chi connectivity index (χ0n) is 12.2. The third-order valence-corrected chi connectivity index (χ3v) is 5.57. The number of fused-ring (bicyclic) bond motifs is 2. The second kappa shape index (κ2) is 5.37. The number of aromatic nitrogens is 4. The third-order valence-electron chi connectivity index (χ3n) is 3.58. The first-order chi connectivity index (χ1) is 10.7. The number of rotatable bonds is 3. The van der Waals surface area contributed by atoms with Gasteiger partial charge in [0.25, 0.3) is 0 Å². The molecule has 6 heteroatoms. The van der Waals surface area contributed by atoms with E-state index in [0.29, 0.717) is 0 Å². The van der Waals surface area contributed by atoms with Gasteiger partial charge in [0.1, 0.15) is 0 Å². The molecule has 0 aliphatic heterocycles. The Morgan fingerprint density at radius 3 is 1.59 bits per heavy atom. The van der Waals surface area contributed by atoms with Gasteiger partial charge in [0.15, 0.2) is 10.3 Å². The molecule has 0 atom stereocenters. The number of hydrogen-bond acceptors (Lipinski definition) is 4. The smallest absolute Gasteiger partial charge is 0.177 e. The minimum Gasteiger partial charge on any atom is -0.332 e. The summed E-state index contributed by atoms with van der Waals surface area (Å²) in [7, 11) is 3.17. The van der Waals surface area contributed by atoms with Crippen LogP contribution in [0.4, 0.5) is 0 Å². The monoisotopic (exact) mass is 326 g/mol. The first-order valence-electron chi connectivity index (χ1n) is 6.96. The Morgan fingerprint density at radius 1 is 0.727 bits per heavy atom. The summed E-state index contributed by atoms with van der Waals surface area (Å²) >= 11 is 0. The molecule has 0 unspecified atom stereocenters. The predicted octanol–water partition coefficient (Wildman–Crippen LogP) is 4.86. The van der Waals surface area contributed by atoms with Crippen LogP contribution < -0.4 is 0 Å². The highest BCUT2D eigenvalue weighted by molar-refractivity contribution is 8.76. The number of imidazole rings is 2. The largest absolute Gasteiger partial charge is 0.332 e. The molecule has 2 heterocycles. The van der Waals surface area contributed by atoms with Crippen LogP contribution in [0.25, 0.3) is 22.1 Å². The van der Waals surface area contributed by atoms with Gasteiger partial charge < -0.3 is 9.97 Å². The van der Waals surface area contributed by atoms with Crippen LogP contribution in [0.2, 0.25) is 0 Å². The van der Waals surface area contributed by atoms with Crippen LogP contribution in [-0.2, 0) is 0 Å². The normalized spacial score (nSPS) is 11.5. The number of nitrogens with one attached hydrogen (secondary N) is 2. The van der Waals surface area contributed by atoms with E-state index in [9.17, 15) is 0 Å². The molecule has 4 nitrogen and oxygen atoms in total. The van der Waals surface area contributed by atoms with Crippen LogP contribution in [0.1, 0.15) is 11.1 Å². The molecule has 110 valence electrons. The highest BCUT2D eigenvalue weighted by atomic mass is 33.1. The Kier molecular flexibility index (Phi) is 3.35. The molecule has 0 aliphatic rings.